The normalized spacial score (nSPS) is 17.7. The molecule has 3 aromatic heterocycles. The predicted molar refractivity (Wildman–Crippen MR) is 82.8 cm³/mol. The van der Waals surface area contributed by atoms with E-state index < -0.39 is 0 Å². The Balaban J connectivity index is 1.59. The minimum atomic E-state index is 0.00687. The van der Waals surface area contributed by atoms with Gasteiger partial charge < -0.3 is 19.6 Å². The van der Waals surface area contributed by atoms with Gasteiger partial charge in [-0.25, -0.2) is 4.98 Å². The molecule has 1 aliphatic rings. The lowest BCUT2D eigenvalue weighted by molar-refractivity contribution is -0.119. The Hall–Kier alpha value is -2.74. The van der Waals surface area contributed by atoms with Crippen LogP contribution in [0.5, 0.6) is 0 Å². The first-order valence-corrected chi connectivity index (χ1v) is 7.50. The van der Waals surface area contributed by atoms with E-state index in [0.717, 1.165) is 30.7 Å². The molecular weight excluding hydrogens is 296 g/mol. The number of nitrogens with one attached hydrogen (secondary N) is 2. The van der Waals surface area contributed by atoms with Crippen LogP contribution in [0.3, 0.4) is 0 Å². The summed E-state index contributed by atoms with van der Waals surface area (Å²) in [6, 6.07) is 3.73. The van der Waals surface area contributed by atoms with Crippen LogP contribution in [0.1, 0.15) is 12.3 Å². The van der Waals surface area contributed by atoms with Crippen molar-refractivity contribution >= 4 is 17.4 Å². The number of carbonyl (C=O) groups excluding carboxylic acids is 1. The van der Waals surface area contributed by atoms with Gasteiger partial charge in [0.05, 0.1) is 12.1 Å². The average Bonchev–Trinajstić information content (AvgIpc) is 3.26. The van der Waals surface area contributed by atoms with E-state index in [1.807, 2.05) is 22.7 Å². The number of carbonyl (C=O) groups is 1. The number of hydrogen-bond donors (Lipinski definition) is 2. The van der Waals surface area contributed by atoms with E-state index in [1.54, 1.807) is 13.1 Å². The highest BCUT2D eigenvalue weighted by Gasteiger charge is 2.23. The summed E-state index contributed by atoms with van der Waals surface area (Å²) < 4.78 is 6.83. The summed E-state index contributed by atoms with van der Waals surface area (Å²) in [6.45, 7) is 3.36. The molecule has 1 amide bonds. The van der Waals surface area contributed by atoms with Crippen molar-refractivity contribution in [3.05, 3.63) is 30.4 Å². The average molecular weight is 312 g/mol. The first-order valence-electron chi connectivity index (χ1n) is 7.50. The monoisotopic (exact) mass is 312 g/mol. The number of nitrogens with zero attached hydrogens (tertiary/aromatic N) is 4. The minimum absolute atomic E-state index is 0.00687. The van der Waals surface area contributed by atoms with Gasteiger partial charge in [0.15, 0.2) is 5.82 Å². The Labute approximate surface area is 131 Å². The second kappa shape index (κ2) is 5.47. The fourth-order valence-corrected chi connectivity index (χ4v) is 2.71. The number of fused-ring (bicyclic) bond motifs is 1. The molecule has 3 aromatic rings. The van der Waals surface area contributed by atoms with Crippen LogP contribution in [-0.4, -0.2) is 38.5 Å². The van der Waals surface area contributed by atoms with E-state index in [4.69, 9.17) is 4.52 Å². The van der Waals surface area contributed by atoms with Crippen molar-refractivity contribution in [1.82, 2.24) is 24.8 Å². The maximum Gasteiger partial charge on any atom is 0.230 e. The van der Waals surface area contributed by atoms with E-state index in [2.05, 4.69) is 25.8 Å². The molecular formula is C15H16N6O2. The quantitative estimate of drug-likeness (QED) is 0.755. The van der Waals surface area contributed by atoms with Crippen molar-refractivity contribution < 1.29 is 9.32 Å². The number of hydrogen-bond acceptors (Lipinski definition) is 6. The van der Waals surface area contributed by atoms with Gasteiger partial charge in [-0.15, -0.1) is 0 Å². The molecule has 1 atom stereocenters. The van der Waals surface area contributed by atoms with E-state index in [0.29, 0.717) is 17.5 Å². The number of pyridine rings is 1. The Kier molecular flexibility index (Phi) is 3.30. The van der Waals surface area contributed by atoms with Crippen LogP contribution in [-0.2, 0) is 4.79 Å². The summed E-state index contributed by atoms with van der Waals surface area (Å²) in [4.78, 5) is 20.8. The maximum atomic E-state index is 12.1. The number of rotatable bonds is 3. The zero-order valence-electron chi connectivity index (χ0n) is 12.6. The highest BCUT2D eigenvalue weighted by Crippen LogP contribution is 2.19. The zero-order valence-corrected chi connectivity index (χ0v) is 12.6. The lowest BCUT2D eigenvalue weighted by Crippen LogP contribution is -2.24. The van der Waals surface area contributed by atoms with Gasteiger partial charge in [-0.1, -0.05) is 5.16 Å². The van der Waals surface area contributed by atoms with Crippen LogP contribution in [0.2, 0.25) is 0 Å². The van der Waals surface area contributed by atoms with E-state index in [-0.39, 0.29) is 11.8 Å². The van der Waals surface area contributed by atoms with E-state index in [1.165, 1.54) is 0 Å². The van der Waals surface area contributed by atoms with Gasteiger partial charge >= 0.3 is 0 Å². The maximum absolute atomic E-state index is 12.1. The molecule has 2 N–H and O–H groups in total. The van der Waals surface area contributed by atoms with Crippen LogP contribution in [0.4, 0.5) is 5.82 Å². The molecule has 23 heavy (non-hydrogen) atoms. The van der Waals surface area contributed by atoms with Gasteiger partial charge in [-0.3, -0.25) is 4.79 Å². The molecule has 0 saturated carbocycles. The summed E-state index contributed by atoms with van der Waals surface area (Å²) in [7, 11) is 0. The molecule has 1 fully saturated rings. The molecule has 0 bridgehead atoms. The summed E-state index contributed by atoms with van der Waals surface area (Å²) in [6.07, 6.45) is 4.51. The van der Waals surface area contributed by atoms with E-state index >= 15 is 0 Å². The standard InChI is InChI=1S/C15H16N6O2/c1-9-17-14(20-23-9)11-2-3-13-18-12(8-21(13)7-11)19-15(22)10-4-5-16-6-10/h2-3,7-8,10,16H,4-6H2,1H3,(H,19,22). The number of amides is 1. The highest BCUT2D eigenvalue weighted by molar-refractivity contribution is 5.92. The van der Waals surface area contributed by atoms with Gasteiger partial charge in [0.1, 0.15) is 5.65 Å². The summed E-state index contributed by atoms with van der Waals surface area (Å²) >= 11 is 0. The zero-order chi connectivity index (χ0) is 15.8. The van der Waals surface area contributed by atoms with Gasteiger partial charge in [-0.2, -0.15) is 4.98 Å². The molecule has 1 saturated heterocycles. The summed E-state index contributed by atoms with van der Waals surface area (Å²) in [5.41, 5.74) is 1.57. The molecule has 0 radical (unpaired) electrons. The van der Waals surface area contributed by atoms with Gasteiger partial charge in [-0.05, 0) is 25.1 Å². The Morgan fingerprint density at radius 1 is 1.39 bits per heavy atom. The summed E-state index contributed by atoms with van der Waals surface area (Å²) in [5.74, 6) is 1.61. The third kappa shape index (κ3) is 2.68. The van der Waals surface area contributed by atoms with Crippen LogP contribution in [0, 0.1) is 12.8 Å². The largest absolute Gasteiger partial charge is 0.339 e. The molecule has 0 aliphatic carbocycles. The number of aromatic nitrogens is 4. The molecule has 1 aliphatic heterocycles. The third-order valence-corrected chi connectivity index (χ3v) is 3.92. The highest BCUT2D eigenvalue weighted by atomic mass is 16.5. The first-order chi connectivity index (χ1) is 11.2. The van der Waals surface area contributed by atoms with Crippen molar-refractivity contribution in [2.75, 3.05) is 18.4 Å². The van der Waals surface area contributed by atoms with Crippen molar-refractivity contribution in [2.45, 2.75) is 13.3 Å². The minimum Gasteiger partial charge on any atom is -0.339 e. The van der Waals surface area contributed by atoms with Crippen molar-refractivity contribution in [1.29, 1.82) is 0 Å². The van der Waals surface area contributed by atoms with Gasteiger partial charge in [0.2, 0.25) is 17.6 Å². The lowest BCUT2D eigenvalue weighted by atomic mass is 10.1. The Bertz CT molecular complexity index is 862. The second-order valence-electron chi connectivity index (χ2n) is 5.63. The third-order valence-electron chi connectivity index (χ3n) is 3.92. The van der Waals surface area contributed by atoms with Crippen LogP contribution < -0.4 is 10.6 Å². The Morgan fingerprint density at radius 2 is 2.30 bits per heavy atom. The molecule has 4 heterocycles. The molecule has 0 aromatic carbocycles. The predicted octanol–water partition coefficient (Wildman–Crippen LogP) is 1.24. The lowest BCUT2D eigenvalue weighted by Gasteiger charge is -2.06. The second-order valence-corrected chi connectivity index (χ2v) is 5.63. The molecule has 0 spiro atoms. The van der Waals surface area contributed by atoms with Crippen molar-refractivity contribution in [3.63, 3.8) is 0 Å². The molecule has 8 heteroatoms. The fraction of sp³-hybridized carbons (Fsp3) is 0.333. The van der Waals surface area contributed by atoms with Crippen LogP contribution in [0.25, 0.3) is 17.0 Å². The van der Waals surface area contributed by atoms with Crippen LogP contribution in [0.15, 0.2) is 29.0 Å². The van der Waals surface area contributed by atoms with Gasteiger partial charge in [0, 0.05) is 25.2 Å². The van der Waals surface area contributed by atoms with Crippen molar-refractivity contribution in [2.24, 2.45) is 5.92 Å². The summed E-state index contributed by atoms with van der Waals surface area (Å²) in [5, 5.41) is 9.96. The smallest absolute Gasteiger partial charge is 0.230 e. The number of imidazole rings is 1. The molecule has 1 unspecified atom stereocenters. The first kappa shape index (κ1) is 13.9. The number of anilines is 1. The van der Waals surface area contributed by atoms with Crippen LogP contribution >= 0.6 is 0 Å². The Morgan fingerprint density at radius 3 is 3.04 bits per heavy atom. The van der Waals surface area contributed by atoms with Gasteiger partial charge in [0.25, 0.3) is 0 Å². The molecule has 8 nitrogen and oxygen atoms in total. The fourth-order valence-electron chi connectivity index (χ4n) is 2.71. The topological polar surface area (TPSA) is 97.3 Å². The van der Waals surface area contributed by atoms with Crippen molar-refractivity contribution in [3.8, 4) is 11.4 Å². The SMILES string of the molecule is Cc1nc(-c2ccc3nc(NC(=O)C4CCNC4)cn3c2)no1. The van der Waals surface area contributed by atoms with E-state index in [9.17, 15) is 4.79 Å². The molecule has 4 rings (SSSR count). The molecule has 118 valence electrons. The number of aryl methyl sites for hydroxylation is 1.